The Kier molecular flexibility index (Phi) is 4.70. The van der Waals surface area contributed by atoms with Gasteiger partial charge < -0.3 is 0 Å². The van der Waals surface area contributed by atoms with Crippen LogP contribution in [-0.4, -0.2) is 5.24 Å². The van der Waals surface area contributed by atoms with Crippen LogP contribution < -0.4 is 0 Å². The maximum atomic E-state index is 14.2. The summed E-state index contributed by atoms with van der Waals surface area (Å²) in [4.78, 5) is 10.9. The summed E-state index contributed by atoms with van der Waals surface area (Å²) < 4.78 is 14.2. The Labute approximate surface area is 107 Å². The molecule has 1 aromatic carbocycles. The molecule has 0 unspecified atom stereocenters. The molecule has 0 saturated carbocycles. The van der Waals surface area contributed by atoms with Gasteiger partial charge in [-0.25, -0.2) is 4.39 Å². The number of carbonyl (C=O) groups is 1. The van der Waals surface area contributed by atoms with Gasteiger partial charge in [0.1, 0.15) is 5.82 Å². The van der Waals surface area contributed by atoms with Crippen molar-refractivity contribution < 1.29 is 9.18 Å². The first kappa shape index (κ1) is 14.2. The maximum Gasteiger partial charge on any atom is 0.226 e. The minimum atomic E-state index is -0.416. The van der Waals surface area contributed by atoms with Crippen molar-refractivity contribution in [3.8, 4) is 0 Å². The highest BCUT2D eigenvalue weighted by Gasteiger charge is 2.16. The van der Waals surface area contributed by atoms with E-state index in [0.717, 1.165) is 5.56 Å². The molecule has 0 aliphatic carbocycles. The first-order valence-corrected chi connectivity index (χ1v) is 6.21. The maximum absolute atomic E-state index is 14.2. The van der Waals surface area contributed by atoms with Crippen LogP contribution in [0.1, 0.15) is 56.2 Å². The van der Waals surface area contributed by atoms with Gasteiger partial charge in [-0.3, -0.25) is 4.79 Å². The van der Waals surface area contributed by atoms with Crippen molar-refractivity contribution in [3.63, 3.8) is 0 Å². The first-order chi connectivity index (χ1) is 7.82. The molecule has 0 spiro atoms. The molecule has 0 N–H and O–H groups in total. The summed E-state index contributed by atoms with van der Waals surface area (Å²) in [6.07, 6.45) is 0.154. The van der Waals surface area contributed by atoms with Gasteiger partial charge in [0.2, 0.25) is 5.24 Å². The summed E-state index contributed by atoms with van der Waals surface area (Å²) in [6.45, 7) is 7.76. The predicted octanol–water partition coefficient (Wildman–Crippen LogP) is 4.38. The number of benzene rings is 1. The minimum Gasteiger partial charge on any atom is -0.281 e. The van der Waals surface area contributed by atoms with E-state index < -0.39 is 5.24 Å². The van der Waals surface area contributed by atoms with Crippen molar-refractivity contribution in [3.05, 3.63) is 34.6 Å². The highest BCUT2D eigenvalue weighted by Crippen LogP contribution is 2.28. The van der Waals surface area contributed by atoms with Crippen LogP contribution in [0.3, 0.4) is 0 Å². The van der Waals surface area contributed by atoms with Crippen LogP contribution >= 0.6 is 11.6 Å². The number of carbonyl (C=O) groups excluding carboxylic acids is 1. The fourth-order valence-electron chi connectivity index (χ4n) is 1.84. The lowest BCUT2D eigenvalue weighted by molar-refractivity contribution is -0.111. The Morgan fingerprint density at radius 1 is 1.18 bits per heavy atom. The lowest BCUT2D eigenvalue weighted by Crippen LogP contribution is -2.04. The summed E-state index contributed by atoms with van der Waals surface area (Å²) in [5, 5.41) is -0.416. The number of hydrogen-bond acceptors (Lipinski definition) is 1. The molecule has 0 saturated heterocycles. The van der Waals surface area contributed by atoms with Gasteiger partial charge in [-0.05, 0) is 40.1 Å². The average molecular weight is 257 g/mol. The third kappa shape index (κ3) is 3.53. The minimum absolute atomic E-state index is 0.0953. The van der Waals surface area contributed by atoms with E-state index in [1.807, 2.05) is 27.7 Å². The molecule has 0 aromatic heterocycles. The smallest absolute Gasteiger partial charge is 0.226 e. The Morgan fingerprint density at radius 3 is 1.88 bits per heavy atom. The second kappa shape index (κ2) is 5.63. The molecule has 0 amide bonds. The molecule has 0 aliphatic heterocycles. The fraction of sp³-hybridized carbons (Fsp3) is 0.500. The van der Waals surface area contributed by atoms with Crippen molar-refractivity contribution in [1.82, 2.24) is 0 Å². The zero-order valence-corrected chi connectivity index (χ0v) is 11.4. The van der Waals surface area contributed by atoms with Crippen LogP contribution in [-0.2, 0) is 11.2 Å². The standard InChI is InChI=1S/C14H18ClFO/c1-8(2)11-5-10(7-13(15)17)6-12(9(3)4)14(11)16/h5-6,8-9H,7H2,1-4H3. The third-order valence-electron chi connectivity index (χ3n) is 2.78. The molecule has 0 heterocycles. The van der Waals surface area contributed by atoms with Crippen LogP contribution in [0.25, 0.3) is 0 Å². The van der Waals surface area contributed by atoms with Crippen LogP contribution in [0, 0.1) is 5.82 Å². The van der Waals surface area contributed by atoms with Gasteiger partial charge in [-0.1, -0.05) is 39.8 Å². The number of rotatable bonds is 4. The second-order valence-corrected chi connectivity index (χ2v) is 5.35. The average Bonchev–Trinajstić information content (AvgIpc) is 2.18. The molecule has 1 aromatic rings. The van der Waals surface area contributed by atoms with Gasteiger partial charge in [0.15, 0.2) is 0 Å². The topological polar surface area (TPSA) is 17.1 Å². The van der Waals surface area contributed by atoms with Gasteiger partial charge in [-0.2, -0.15) is 0 Å². The first-order valence-electron chi connectivity index (χ1n) is 5.83. The zero-order valence-electron chi connectivity index (χ0n) is 10.7. The van der Waals surface area contributed by atoms with E-state index in [-0.39, 0.29) is 24.1 Å². The Bertz CT molecular complexity index is 395. The SMILES string of the molecule is CC(C)c1cc(CC(=O)Cl)cc(C(C)C)c1F. The van der Waals surface area contributed by atoms with Crippen molar-refractivity contribution in [2.24, 2.45) is 0 Å². The third-order valence-corrected chi connectivity index (χ3v) is 2.91. The summed E-state index contributed by atoms with van der Waals surface area (Å²) in [6, 6.07) is 3.48. The molecule has 0 aliphatic rings. The molecule has 0 atom stereocenters. The lowest BCUT2D eigenvalue weighted by atomic mass is 9.91. The second-order valence-electron chi connectivity index (χ2n) is 4.93. The van der Waals surface area contributed by atoms with E-state index in [0.29, 0.717) is 11.1 Å². The molecule has 0 bridgehead atoms. The molecular formula is C14H18ClFO. The number of hydrogen-bond donors (Lipinski definition) is 0. The summed E-state index contributed by atoms with van der Waals surface area (Å²) in [7, 11) is 0. The van der Waals surface area contributed by atoms with E-state index in [9.17, 15) is 9.18 Å². The monoisotopic (exact) mass is 256 g/mol. The quantitative estimate of drug-likeness (QED) is 0.731. The number of halogens is 2. The summed E-state index contributed by atoms with van der Waals surface area (Å²) in [5.41, 5.74) is 2.10. The van der Waals surface area contributed by atoms with Crippen LogP contribution in [0.5, 0.6) is 0 Å². The van der Waals surface area contributed by atoms with E-state index in [2.05, 4.69) is 0 Å². The molecular weight excluding hydrogens is 239 g/mol. The summed E-state index contributed by atoms with van der Waals surface area (Å²) in [5.74, 6) is 0.0385. The summed E-state index contributed by atoms with van der Waals surface area (Å²) >= 11 is 5.38. The van der Waals surface area contributed by atoms with Gasteiger partial charge in [-0.15, -0.1) is 0 Å². The molecule has 17 heavy (non-hydrogen) atoms. The van der Waals surface area contributed by atoms with E-state index in [1.54, 1.807) is 12.1 Å². The van der Waals surface area contributed by atoms with E-state index in [1.165, 1.54) is 0 Å². The molecule has 1 nitrogen and oxygen atoms in total. The molecule has 0 fully saturated rings. The lowest BCUT2D eigenvalue weighted by Gasteiger charge is -2.16. The van der Waals surface area contributed by atoms with Crippen molar-refractivity contribution in [2.75, 3.05) is 0 Å². The fourth-order valence-corrected chi connectivity index (χ4v) is 1.99. The van der Waals surface area contributed by atoms with Gasteiger partial charge in [0, 0.05) is 6.42 Å². The van der Waals surface area contributed by atoms with Crippen molar-refractivity contribution >= 4 is 16.8 Å². The van der Waals surface area contributed by atoms with Gasteiger partial charge in [0.25, 0.3) is 0 Å². The van der Waals surface area contributed by atoms with Gasteiger partial charge >= 0.3 is 0 Å². The highest BCUT2D eigenvalue weighted by molar-refractivity contribution is 6.63. The van der Waals surface area contributed by atoms with Crippen LogP contribution in [0.2, 0.25) is 0 Å². The Balaban J connectivity index is 3.31. The molecule has 94 valence electrons. The van der Waals surface area contributed by atoms with E-state index >= 15 is 0 Å². The zero-order chi connectivity index (χ0) is 13.2. The Morgan fingerprint density at radius 2 is 1.59 bits per heavy atom. The molecule has 1 rings (SSSR count). The normalized spacial score (nSPS) is 11.3. The largest absolute Gasteiger partial charge is 0.281 e. The van der Waals surface area contributed by atoms with Crippen LogP contribution in [0.4, 0.5) is 4.39 Å². The van der Waals surface area contributed by atoms with Crippen LogP contribution in [0.15, 0.2) is 12.1 Å². The van der Waals surface area contributed by atoms with Gasteiger partial charge in [0.05, 0.1) is 0 Å². The highest BCUT2D eigenvalue weighted by atomic mass is 35.5. The van der Waals surface area contributed by atoms with Crippen molar-refractivity contribution in [2.45, 2.75) is 46.0 Å². The Hall–Kier alpha value is -0.890. The van der Waals surface area contributed by atoms with E-state index in [4.69, 9.17) is 11.6 Å². The molecule has 0 radical (unpaired) electrons. The molecule has 3 heteroatoms. The van der Waals surface area contributed by atoms with Crippen molar-refractivity contribution in [1.29, 1.82) is 0 Å². The predicted molar refractivity (Wildman–Crippen MR) is 69.1 cm³/mol.